The number of aromatic amines is 1. The lowest BCUT2D eigenvalue weighted by molar-refractivity contribution is -0.114. The van der Waals surface area contributed by atoms with Gasteiger partial charge >= 0.3 is 0 Å². The molecule has 0 saturated carbocycles. The third-order valence-corrected chi connectivity index (χ3v) is 5.65. The number of hydrogen-bond donors (Lipinski definition) is 2. The number of piperidine rings is 1. The molecule has 3 aromatic rings. The summed E-state index contributed by atoms with van der Waals surface area (Å²) < 4.78 is 0. The third-order valence-electron chi connectivity index (χ3n) is 5.65. The zero-order valence-electron chi connectivity index (χ0n) is 17.0. The van der Waals surface area contributed by atoms with E-state index in [4.69, 9.17) is 0 Å². The lowest BCUT2D eigenvalue weighted by Gasteiger charge is -2.32. The van der Waals surface area contributed by atoms with Crippen molar-refractivity contribution in [3.05, 3.63) is 76.1 Å². The normalized spacial score (nSPS) is 14.6. The molecule has 2 amide bonds. The van der Waals surface area contributed by atoms with Crippen LogP contribution in [-0.2, 0) is 11.2 Å². The molecule has 4 rings (SSSR count). The Hall–Kier alpha value is -3.41. The summed E-state index contributed by atoms with van der Waals surface area (Å²) in [6.07, 6.45) is 2.95. The molecular weight excluding hydrogens is 378 g/mol. The Kier molecular flexibility index (Phi) is 5.65. The van der Waals surface area contributed by atoms with Gasteiger partial charge in [-0.15, -0.1) is 0 Å². The molecule has 0 aliphatic carbocycles. The topological polar surface area (TPSA) is 82.3 Å². The number of hydrogen-bond acceptors (Lipinski definition) is 3. The maximum absolute atomic E-state index is 13.0. The number of amides is 2. The van der Waals surface area contributed by atoms with Gasteiger partial charge in [-0.25, -0.2) is 0 Å². The molecule has 1 aromatic heterocycles. The number of fused-ring (bicyclic) bond motifs is 1. The van der Waals surface area contributed by atoms with Crippen LogP contribution >= 0.6 is 0 Å². The Morgan fingerprint density at radius 1 is 1.07 bits per heavy atom. The standard InChI is InChI=1S/C24H25N3O3/c1-16(28)25-19-7-8-21-20(14-19)23(29)15-22(26-21)24(30)27-11-9-18(10-12-27)13-17-5-3-2-4-6-17/h2-8,14-15,18H,9-13H2,1H3,(H,25,28)(H,26,29). The monoisotopic (exact) mass is 403 g/mol. The molecule has 0 spiro atoms. The quantitative estimate of drug-likeness (QED) is 0.699. The minimum Gasteiger partial charge on any atom is -0.350 e. The van der Waals surface area contributed by atoms with E-state index in [1.807, 2.05) is 11.0 Å². The highest BCUT2D eigenvalue weighted by Gasteiger charge is 2.24. The van der Waals surface area contributed by atoms with Gasteiger partial charge in [0.25, 0.3) is 5.91 Å². The highest BCUT2D eigenvalue weighted by molar-refractivity contribution is 5.96. The predicted octanol–water partition coefficient (Wildman–Crippen LogP) is 3.58. The summed E-state index contributed by atoms with van der Waals surface area (Å²) in [5, 5.41) is 3.11. The second-order valence-electron chi connectivity index (χ2n) is 7.91. The molecule has 0 radical (unpaired) electrons. The average molecular weight is 403 g/mol. The molecule has 2 aromatic carbocycles. The fraction of sp³-hybridized carbons (Fsp3) is 0.292. The van der Waals surface area contributed by atoms with Crippen LogP contribution < -0.4 is 10.7 Å². The average Bonchev–Trinajstić information content (AvgIpc) is 2.74. The van der Waals surface area contributed by atoms with Crippen molar-refractivity contribution >= 4 is 28.4 Å². The van der Waals surface area contributed by atoms with Gasteiger partial charge in [0.2, 0.25) is 5.91 Å². The van der Waals surface area contributed by atoms with Gasteiger partial charge < -0.3 is 15.2 Å². The van der Waals surface area contributed by atoms with E-state index in [1.54, 1.807) is 18.2 Å². The van der Waals surface area contributed by atoms with Gasteiger partial charge in [-0.1, -0.05) is 30.3 Å². The minimum atomic E-state index is -0.238. The molecule has 1 fully saturated rings. The van der Waals surface area contributed by atoms with Gasteiger partial charge in [0, 0.05) is 42.7 Å². The SMILES string of the molecule is CC(=O)Nc1ccc2[nH]c(C(=O)N3CCC(Cc4ccccc4)CC3)cc(=O)c2c1. The Morgan fingerprint density at radius 3 is 2.50 bits per heavy atom. The molecule has 154 valence electrons. The van der Waals surface area contributed by atoms with Crippen LogP contribution in [0.25, 0.3) is 10.9 Å². The molecule has 1 aliphatic rings. The second-order valence-corrected chi connectivity index (χ2v) is 7.91. The summed E-state index contributed by atoms with van der Waals surface area (Å²) >= 11 is 0. The number of aromatic nitrogens is 1. The molecule has 0 bridgehead atoms. The van der Waals surface area contributed by atoms with Gasteiger partial charge in [0.05, 0.1) is 0 Å². The smallest absolute Gasteiger partial charge is 0.270 e. The van der Waals surface area contributed by atoms with E-state index in [0.717, 1.165) is 19.3 Å². The van der Waals surface area contributed by atoms with E-state index in [0.29, 0.717) is 41.3 Å². The number of anilines is 1. The van der Waals surface area contributed by atoms with Gasteiger partial charge in [-0.05, 0) is 48.9 Å². The third kappa shape index (κ3) is 4.43. The molecule has 0 unspecified atom stereocenters. The lowest BCUT2D eigenvalue weighted by atomic mass is 9.90. The minimum absolute atomic E-state index is 0.141. The maximum Gasteiger partial charge on any atom is 0.270 e. The highest BCUT2D eigenvalue weighted by atomic mass is 16.2. The van der Waals surface area contributed by atoms with Crippen LogP contribution in [0.3, 0.4) is 0 Å². The molecule has 2 N–H and O–H groups in total. The van der Waals surface area contributed by atoms with Crippen molar-refractivity contribution in [3.63, 3.8) is 0 Å². The summed E-state index contributed by atoms with van der Waals surface area (Å²) in [6, 6.07) is 16.8. The van der Waals surface area contributed by atoms with Crippen LogP contribution in [0, 0.1) is 5.92 Å². The highest BCUT2D eigenvalue weighted by Crippen LogP contribution is 2.23. The first-order chi connectivity index (χ1) is 14.5. The Morgan fingerprint density at radius 2 is 1.80 bits per heavy atom. The van der Waals surface area contributed by atoms with E-state index < -0.39 is 0 Å². The Labute approximate surface area is 174 Å². The van der Waals surface area contributed by atoms with Crippen LogP contribution in [0.1, 0.15) is 35.8 Å². The molecule has 0 atom stereocenters. The number of nitrogens with one attached hydrogen (secondary N) is 2. The first-order valence-corrected chi connectivity index (χ1v) is 10.3. The molecule has 30 heavy (non-hydrogen) atoms. The van der Waals surface area contributed by atoms with E-state index in [1.165, 1.54) is 18.6 Å². The summed E-state index contributed by atoms with van der Waals surface area (Å²) in [5.74, 6) is 0.227. The zero-order chi connectivity index (χ0) is 21.1. The molecular formula is C24H25N3O3. The van der Waals surface area contributed by atoms with E-state index in [-0.39, 0.29) is 17.2 Å². The fourth-order valence-electron chi connectivity index (χ4n) is 4.10. The van der Waals surface area contributed by atoms with Crippen molar-refractivity contribution in [1.82, 2.24) is 9.88 Å². The second kappa shape index (κ2) is 8.53. The van der Waals surface area contributed by atoms with E-state index in [2.05, 4.69) is 34.6 Å². The van der Waals surface area contributed by atoms with Crippen LogP contribution in [0.4, 0.5) is 5.69 Å². The molecule has 6 heteroatoms. The fourth-order valence-corrected chi connectivity index (χ4v) is 4.10. The predicted molar refractivity (Wildman–Crippen MR) is 118 cm³/mol. The van der Waals surface area contributed by atoms with Crippen molar-refractivity contribution in [3.8, 4) is 0 Å². The van der Waals surface area contributed by atoms with Crippen molar-refractivity contribution in [1.29, 1.82) is 0 Å². The molecule has 1 aliphatic heterocycles. The zero-order valence-corrected chi connectivity index (χ0v) is 17.0. The number of carbonyl (C=O) groups is 2. The summed E-state index contributed by atoms with van der Waals surface area (Å²) in [4.78, 5) is 41.7. The van der Waals surface area contributed by atoms with E-state index in [9.17, 15) is 14.4 Å². The van der Waals surface area contributed by atoms with Gasteiger partial charge in [-0.3, -0.25) is 14.4 Å². The van der Waals surface area contributed by atoms with Crippen LogP contribution in [0.15, 0.2) is 59.4 Å². The van der Waals surface area contributed by atoms with E-state index >= 15 is 0 Å². The van der Waals surface area contributed by atoms with Crippen molar-refractivity contribution in [2.24, 2.45) is 5.92 Å². The summed E-state index contributed by atoms with van der Waals surface area (Å²) in [6.45, 7) is 2.80. The van der Waals surface area contributed by atoms with Crippen molar-refractivity contribution < 1.29 is 9.59 Å². The number of carbonyl (C=O) groups excluding carboxylic acids is 2. The van der Waals surface area contributed by atoms with Gasteiger partial charge in [-0.2, -0.15) is 0 Å². The number of nitrogens with zero attached hydrogens (tertiary/aromatic N) is 1. The number of H-pyrrole nitrogens is 1. The van der Waals surface area contributed by atoms with Crippen LogP contribution in [0.2, 0.25) is 0 Å². The Bertz CT molecular complexity index is 1130. The van der Waals surface area contributed by atoms with Gasteiger partial charge in [0.15, 0.2) is 5.43 Å². The number of likely N-dealkylation sites (tertiary alicyclic amines) is 1. The largest absolute Gasteiger partial charge is 0.350 e. The lowest BCUT2D eigenvalue weighted by Crippen LogP contribution is -2.39. The molecule has 6 nitrogen and oxygen atoms in total. The van der Waals surface area contributed by atoms with Gasteiger partial charge in [0.1, 0.15) is 5.69 Å². The van der Waals surface area contributed by atoms with Crippen molar-refractivity contribution in [2.75, 3.05) is 18.4 Å². The first-order valence-electron chi connectivity index (χ1n) is 10.3. The van der Waals surface area contributed by atoms with Crippen LogP contribution in [0.5, 0.6) is 0 Å². The maximum atomic E-state index is 13.0. The van der Waals surface area contributed by atoms with Crippen LogP contribution in [-0.4, -0.2) is 34.8 Å². The summed E-state index contributed by atoms with van der Waals surface area (Å²) in [7, 11) is 0. The molecule has 1 saturated heterocycles. The number of rotatable bonds is 4. The first kappa shape index (κ1) is 19.9. The Balaban J connectivity index is 1.46. The summed E-state index contributed by atoms with van der Waals surface area (Å²) in [5.41, 5.74) is 2.54. The molecule has 2 heterocycles. The number of pyridine rings is 1. The van der Waals surface area contributed by atoms with Crippen molar-refractivity contribution in [2.45, 2.75) is 26.2 Å². The number of benzene rings is 2.